The molecule has 394 valence electrons. The van der Waals surface area contributed by atoms with Gasteiger partial charge in [-0.3, -0.25) is 0 Å². The van der Waals surface area contributed by atoms with Gasteiger partial charge in [0.1, 0.15) is 0 Å². The fraction of sp³-hybridized carbons (Fsp3) is 0.0256. The van der Waals surface area contributed by atoms with Gasteiger partial charge in [-0.25, -0.2) is 0 Å². The van der Waals surface area contributed by atoms with Crippen molar-refractivity contribution in [2.75, 3.05) is 14.7 Å². The smallest absolute Gasteiger partial charge is 0.0482 e. The zero-order valence-electron chi connectivity index (χ0n) is 46.0. The average Bonchev–Trinajstić information content (AvgIpc) is 4.10. The minimum atomic E-state index is 1.04. The van der Waals surface area contributed by atoms with Crippen molar-refractivity contribution < 1.29 is 0 Å². The fourth-order valence-electron chi connectivity index (χ4n) is 10.8. The normalized spacial score (nSPS) is 11.0. The molecule has 0 saturated heterocycles. The van der Waals surface area contributed by atoms with Gasteiger partial charge in [-0.1, -0.05) is 218 Å². The van der Waals surface area contributed by atoms with Crippen LogP contribution in [0.1, 0.15) is 13.8 Å². The lowest BCUT2D eigenvalue weighted by molar-refractivity contribution is 1.24. The van der Waals surface area contributed by atoms with Crippen molar-refractivity contribution in [3.05, 3.63) is 334 Å². The van der Waals surface area contributed by atoms with Gasteiger partial charge in [0.05, 0.1) is 0 Å². The third-order valence-corrected chi connectivity index (χ3v) is 15.9. The summed E-state index contributed by atoms with van der Waals surface area (Å²) in [6.07, 6.45) is 4.00. The molecule has 14 aromatic rings. The Hall–Kier alpha value is -10.3. The van der Waals surface area contributed by atoms with Gasteiger partial charge in [-0.05, 0) is 173 Å². The van der Waals surface area contributed by atoms with Crippen LogP contribution in [0.15, 0.2) is 334 Å². The van der Waals surface area contributed by atoms with Crippen LogP contribution >= 0.6 is 11.3 Å². The maximum Gasteiger partial charge on any atom is 0.0482 e. The molecular formula is C78H61N3S. The Morgan fingerprint density at radius 2 is 0.598 bits per heavy atom. The standard InChI is InChI=1S/C68H47N3S.C6H6.C4H8/c1-5-19-48(20-6-1)52-41-53(49-21-7-2-8-22-49)44-62(43-52)70(55-26-11-4-12-27-55)57-29-18-31-59(46-57)71(61-38-40-68-66(47-61)65-33-15-16-34-67(65)72-68)58-30-17-28-56(45-58)69(54-24-9-3-10-25-54)60-37-39-64-51(42-60)36-35-50-23-13-14-32-63(50)64;1-2-4-6-5-3-1;1-3-4-2/h1-47H;1-6H;3-4H,1-2H3/b;;4-3-. The summed E-state index contributed by atoms with van der Waals surface area (Å²) in [5, 5.41) is 7.46. The van der Waals surface area contributed by atoms with Crippen molar-refractivity contribution in [3.63, 3.8) is 0 Å². The van der Waals surface area contributed by atoms with Gasteiger partial charge in [-0.2, -0.15) is 0 Å². The molecule has 1 aromatic heterocycles. The van der Waals surface area contributed by atoms with Gasteiger partial charge in [0.2, 0.25) is 0 Å². The molecular weight excluding hydrogens is 1010 g/mol. The van der Waals surface area contributed by atoms with Gasteiger partial charge in [-0.15, -0.1) is 11.3 Å². The quantitative estimate of drug-likeness (QED) is 0.0944. The topological polar surface area (TPSA) is 9.72 Å². The third-order valence-electron chi connectivity index (χ3n) is 14.7. The Bertz CT molecular complexity index is 4340. The third kappa shape index (κ3) is 11.4. The van der Waals surface area contributed by atoms with Gasteiger partial charge in [0.25, 0.3) is 0 Å². The molecule has 0 radical (unpaired) electrons. The lowest BCUT2D eigenvalue weighted by Gasteiger charge is -2.31. The summed E-state index contributed by atoms with van der Waals surface area (Å²) in [7, 11) is 0. The number of allylic oxidation sites excluding steroid dienone is 2. The number of rotatable bonds is 11. The highest BCUT2D eigenvalue weighted by Gasteiger charge is 2.22. The molecule has 0 atom stereocenters. The molecule has 0 amide bonds. The maximum atomic E-state index is 2.42. The van der Waals surface area contributed by atoms with E-state index in [9.17, 15) is 0 Å². The SMILES string of the molecule is C/C=C\C.c1ccc(-c2cc(-c3ccccc3)cc(N(c3ccccc3)c3cccc(N(c4cccc(N(c5ccccc5)c5ccc6c(ccc7ccccc76)c5)c4)c4ccc5sc6ccccc6c5c4)c3)c2)cc1.c1ccccc1. The van der Waals surface area contributed by atoms with E-state index >= 15 is 0 Å². The van der Waals surface area contributed by atoms with Crippen molar-refractivity contribution in [2.45, 2.75) is 13.8 Å². The van der Waals surface area contributed by atoms with Crippen LogP contribution in [0, 0.1) is 0 Å². The lowest BCUT2D eigenvalue weighted by Crippen LogP contribution is -2.14. The first-order valence-electron chi connectivity index (χ1n) is 28.0. The van der Waals surface area contributed by atoms with E-state index in [4.69, 9.17) is 0 Å². The van der Waals surface area contributed by atoms with Gasteiger partial charge in [0, 0.05) is 71.4 Å². The van der Waals surface area contributed by atoms with E-state index in [-0.39, 0.29) is 0 Å². The van der Waals surface area contributed by atoms with E-state index in [0.717, 1.165) is 62.3 Å². The molecule has 0 saturated carbocycles. The summed E-state index contributed by atoms with van der Waals surface area (Å²) in [6, 6.07) is 116. The van der Waals surface area contributed by atoms with Crippen LogP contribution < -0.4 is 14.7 Å². The molecule has 0 aliphatic heterocycles. The van der Waals surface area contributed by atoms with E-state index in [1.54, 1.807) is 0 Å². The minimum Gasteiger partial charge on any atom is -0.310 e. The van der Waals surface area contributed by atoms with E-state index in [1.165, 1.54) is 52.8 Å². The summed E-state index contributed by atoms with van der Waals surface area (Å²) >= 11 is 1.85. The molecule has 0 fully saturated rings. The number of benzene rings is 13. The van der Waals surface area contributed by atoms with Gasteiger partial charge in [0.15, 0.2) is 0 Å². The summed E-state index contributed by atoms with van der Waals surface area (Å²) in [5.74, 6) is 0. The minimum absolute atomic E-state index is 1.04. The molecule has 0 N–H and O–H groups in total. The Balaban J connectivity index is 0.000000609. The largest absolute Gasteiger partial charge is 0.310 e. The van der Waals surface area contributed by atoms with Crippen molar-refractivity contribution in [1.82, 2.24) is 0 Å². The van der Waals surface area contributed by atoms with Crippen LogP contribution in [0.4, 0.5) is 51.2 Å². The Morgan fingerprint density at radius 3 is 1.15 bits per heavy atom. The predicted octanol–water partition coefficient (Wildman–Crippen LogP) is 23.4. The van der Waals surface area contributed by atoms with Crippen molar-refractivity contribution in [1.29, 1.82) is 0 Å². The highest BCUT2D eigenvalue weighted by Crippen LogP contribution is 2.46. The molecule has 0 aliphatic carbocycles. The van der Waals surface area contributed by atoms with Crippen LogP contribution in [0.3, 0.4) is 0 Å². The molecule has 0 spiro atoms. The van der Waals surface area contributed by atoms with E-state index < -0.39 is 0 Å². The highest BCUT2D eigenvalue weighted by molar-refractivity contribution is 7.25. The number of nitrogens with zero attached hydrogens (tertiary/aromatic N) is 3. The molecule has 14 rings (SSSR count). The first kappa shape index (κ1) is 52.4. The lowest BCUT2D eigenvalue weighted by atomic mass is 9.97. The zero-order valence-corrected chi connectivity index (χ0v) is 46.8. The first-order chi connectivity index (χ1) is 40.6. The molecule has 0 unspecified atom stereocenters. The monoisotopic (exact) mass is 1070 g/mol. The fourth-order valence-corrected chi connectivity index (χ4v) is 11.8. The predicted molar refractivity (Wildman–Crippen MR) is 356 cm³/mol. The molecule has 82 heavy (non-hydrogen) atoms. The number of para-hydroxylation sites is 2. The number of thiophene rings is 1. The van der Waals surface area contributed by atoms with Crippen LogP contribution in [0.25, 0.3) is 64.0 Å². The van der Waals surface area contributed by atoms with E-state index in [0.29, 0.717) is 0 Å². The molecule has 4 heteroatoms. The summed E-state index contributed by atoms with van der Waals surface area (Å²) in [6.45, 7) is 4.00. The second-order valence-electron chi connectivity index (χ2n) is 20.0. The molecule has 1 heterocycles. The molecule has 0 aliphatic rings. The summed E-state index contributed by atoms with van der Waals surface area (Å²) in [4.78, 5) is 7.20. The molecule has 13 aromatic carbocycles. The first-order valence-corrected chi connectivity index (χ1v) is 28.8. The Morgan fingerprint density at radius 1 is 0.220 bits per heavy atom. The molecule has 0 bridgehead atoms. The average molecular weight is 1070 g/mol. The van der Waals surface area contributed by atoms with Crippen LogP contribution in [-0.4, -0.2) is 0 Å². The second-order valence-corrected chi connectivity index (χ2v) is 21.1. The van der Waals surface area contributed by atoms with Crippen molar-refractivity contribution >= 4 is 104 Å². The maximum absolute atomic E-state index is 2.42. The van der Waals surface area contributed by atoms with Gasteiger partial charge < -0.3 is 14.7 Å². The van der Waals surface area contributed by atoms with Crippen molar-refractivity contribution in [3.8, 4) is 22.3 Å². The Labute approximate surface area is 485 Å². The number of anilines is 9. The number of hydrogen-bond acceptors (Lipinski definition) is 4. The van der Waals surface area contributed by atoms with Crippen LogP contribution in [-0.2, 0) is 0 Å². The summed E-state index contributed by atoms with van der Waals surface area (Å²) in [5.41, 5.74) is 14.2. The van der Waals surface area contributed by atoms with E-state index in [2.05, 4.69) is 300 Å². The van der Waals surface area contributed by atoms with Crippen LogP contribution in [0.2, 0.25) is 0 Å². The second kappa shape index (κ2) is 24.8. The van der Waals surface area contributed by atoms with Crippen molar-refractivity contribution in [2.24, 2.45) is 0 Å². The highest BCUT2D eigenvalue weighted by atomic mass is 32.1. The summed E-state index contributed by atoms with van der Waals surface area (Å²) < 4.78 is 2.55. The van der Waals surface area contributed by atoms with Crippen LogP contribution in [0.5, 0.6) is 0 Å². The number of fused-ring (bicyclic) bond motifs is 6. The molecule has 3 nitrogen and oxygen atoms in total. The Kier molecular flexibility index (Phi) is 15.9. The number of hydrogen-bond donors (Lipinski definition) is 0. The van der Waals surface area contributed by atoms with Gasteiger partial charge >= 0.3 is 0 Å². The van der Waals surface area contributed by atoms with E-state index in [1.807, 2.05) is 73.7 Å². The zero-order chi connectivity index (χ0) is 55.5.